The number of aromatic nitrogens is 2. The second-order valence-corrected chi connectivity index (χ2v) is 6.62. The Morgan fingerprint density at radius 1 is 1.00 bits per heavy atom. The lowest BCUT2D eigenvalue weighted by molar-refractivity contribution is 0.102. The van der Waals surface area contributed by atoms with Gasteiger partial charge in [-0.2, -0.15) is 0 Å². The quantitative estimate of drug-likeness (QED) is 0.547. The summed E-state index contributed by atoms with van der Waals surface area (Å²) in [6, 6.07) is 19.2. The summed E-state index contributed by atoms with van der Waals surface area (Å²) in [5.74, 6) is 1.56. The zero-order chi connectivity index (χ0) is 21.1. The van der Waals surface area contributed by atoms with Gasteiger partial charge in [-0.25, -0.2) is 4.98 Å². The maximum absolute atomic E-state index is 12.6. The Morgan fingerprint density at radius 2 is 1.73 bits per heavy atom. The Labute approximate surface area is 172 Å². The third-order valence-corrected chi connectivity index (χ3v) is 4.59. The number of fused-ring (bicyclic) bond motifs is 1. The highest BCUT2D eigenvalue weighted by Gasteiger charge is 2.10. The molecular formula is C23H19N3O4. The van der Waals surface area contributed by atoms with Gasteiger partial charge in [0, 0.05) is 18.3 Å². The molecule has 1 aromatic heterocycles. The van der Waals surface area contributed by atoms with Gasteiger partial charge in [0.15, 0.2) is 11.5 Å². The number of amides is 1. The monoisotopic (exact) mass is 401 g/mol. The van der Waals surface area contributed by atoms with Gasteiger partial charge >= 0.3 is 0 Å². The predicted molar refractivity (Wildman–Crippen MR) is 114 cm³/mol. The molecule has 0 atom stereocenters. The van der Waals surface area contributed by atoms with Crippen molar-refractivity contribution in [3.63, 3.8) is 0 Å². The van der Waals surface area contributed by atoms with E-state index < -0.39 is 0 Å². The molecule has 4 aromatic rings. The van der Waals surface area contributed by atoms with Gasteiger partial charge in [0.05, 0.1) is 24.3 Å². The van der Waals surface area contributed by atoms with Crippen molar-refractivity contribution in [1.82, 2.24) is 9.55 Å². The molecule has 1 N–H and O–H groups in total. The van der Waals surface area contributed by atoms with E-state index in [-0.39, 0.29) is 11.5 Å². The molecule has 0 aliphatic carbocycles. The molecule has 0 fully saturated rings. The van der Waals surface area contributed by atoms with Crippen molar-refractivity contribution in [2.75, 3.05) is 12.4 Å². The van der Waals surface area contributed by atoms with Crippen LogP contribution in [0.15, 0.2) is 77.9 Å². The summed E-state index contributed by atoms with van der Waals surface area (Å²) < 4.78 is 12.5. The van der Waals surface area contributed by atoms with E-state index in [1.165, 1.54) is 10.9 Å². The summed E-state index contributed by atoms with van der Waals surface area (Å²) in [5, 5.41) is 3.30. The number of methoxy groups -OCH3 is 1. The highest BCUT2D eigenvalue weighted by molar-refractivity contribution is 6.06. The van der Waals surface area contributed by atoms with Gasteiger partial charge in [-0.05, 0) is 54.6 Å². The van der Waals surface area contributed by atoms with E-state index in [9.17, 15) is 9.59 Å². The summed E-state index contributed by atoms with van der Waals surface area (Å²) in [6.07, 6.45) is 1.44. The Balaban J connectivity index is 1.49. The summed E-state index contributed by atoms with van der Waals surface area (Å²) in [6.45, 7) is 0. The van der Waals surface area contributed by atoms with Gasteiger partial charge in [-0.3, -0.25) is 9.59 Å². The average Bonchev–Trinajstić information content (AvgIpc) is 2.78. The van der Waals surface area contributed by atoms with Gasteiger partial charge in [-0.1, -0.05) is 12.1 Å². The van der Waals surface area contributed by atoms with E-state index in [1.807, 2.05) is 24.3 Å². The molecule has 0 bridgehead atoms. The number of anilines is 1. The van der Waals surface area contributed by atoms with Gasteiger partial charge in [0.25, 0.3) is 11.5 Å². The molecule has 0 aliphatic heterocycles. The van der Waals surface area contributed by atoms with Crippen molar-refractivity contribution in [1.29, 1.82) is 0 Å². The van der Waals surface area contributed by atoms with Crippen molar-refractivity contribution in [3.8, 4) is 17.2 Å². The largest absolute Gasteiger partial charge is 0.493 e. The number of benzene rings is 3. The number of ether oxygens (including phenoxy) is 2. The van der Waals surface area contributed by atoms with Crippen LogP contribution in [-0.2, 0) is 7.05 Å². The zero-order valence-corrected chi connectivity index (χ0v) is 16.5. The van der Waals surface area contributed by atoms with Crippen molar-refractivity contribution < 1.29 is 14.3 Å². The molecule has 0 radical (unpaired) electrons. The van der Waals surface area contributed by atoms with Gasteiger partial charge in [0.2, 0.25) is 0 Å². The molecule has 7 heteroatoms. The van der Waals surface area contributed by atoms with E-state index in [2.05, 4.69) is 10.3 Å². The lowest BCUT2D eigenvalue weighted by Gasteiger charge is -2.11. The highest BCUT2D eigenvalue weighted by atomic mass is 16.5. The van der Waals surface area contributed by atoms with Gasteiger partial charge in [0.1, 0.15) is 5.75 Å². The van der Waals surface area contributed by atoms with E-state index in [4.69, 9.17) is 9.47 Å². The second kappa shape index (κ2) is 8.08. The normalized spacial score (nSPS) is 10.6. The standard InChI is InChI=1S/C23H19N3O4/c1-26-14-24-19-13-15(7-12-18(19)23(26)28)22(27)25-16-8-10-17(11-9-16)30-21-6-4-3-5-20(21)29-2/h3-14H,1-2H3,(H,25,27). The first-order chi connectivity index (χ1) is 14.5. The first kappa shape index (κ1) is 19.2. The topological polar surface area (TPSA) is 82.5 Å². The zero-order valence-electron chi connectivity index (χ0n) is 16.5. The van der Waals surface area contributed by atoms with Crippen molar-refractivity contribution in [2.24, 2.45) is 7.05 Å². The van der Waals surface area contributed by atoms with Crippen LogP contribution in [-0.4, -0.2) is 22.6 Å². The third-order valence-electron chi connectivity index (χ3n) is 4.59. The second-order valence-electron chi connectivity index (χ2n) is 6.62. The Hall–Kier alpha value is -4.13. The van der Waals surface area contributed by atoms with Crippen LogP contribution in [0.3, 0.4) is 0 Å². The Morgan fingerprint density at radius 3 is 2.47 bits per heavy atom. The molecule has 30 heavy (non-hydrogen) atoms. The van der Waals surface area contributed by atoms with Crippen molar-refractivity contribution in [3.05, 3.63) is 89.0 Å². The third kappa shape index (κ3) is 3.86. The molecule has 0 aliphatic rings. The van der Waals surface area contributed by atoms with Gasteiger partial charge in [-0.15, -0.1) is 0 Å². The van der Waals surface area contributed by atoms with Crippen molar-refractivity contribution in [2.45, 2.75) is 0 Å². The van der Waals surface area contributed by atoms with Crippen LogP contribution in [0.5, 0.6) is 17.2 Å². The number of rotatable bonds is 5. The summed E-state index contributed by atoms with van der Waals surface area (Å²) in [4.78, 5) is 28.9. The summed E-state index contributed by atoms with van der Waals surface area (Å²) in [5.41, 5.74) is 1.35. The molecule has 1 heterocycles. The van der Waals surface area contributed by atoms with E-state index in [0.29, 0.717) is 39.4 Å². The van der Waals surface area contributed by atoms with E-state index >= 15 is 0 Å². The summed E-state index contributed by atoms with van der Waals surface area (Å²) in [7, 11) is 3.22. The molecule has 150 valence electrons. The molecule has 4 rings (SSSR count). The number of carbonyl (C=O) groups is 1. The van der Waals surface area contributed by atoms with E-state index in [0.717, 1.165) is 0 Å². The van der Waals surface area contributed by atoms with Crippen LogP contribution in [0.25, 0.3) is 10.9 Å². The number of aryl methyl sites for hydroxylation is 1. The SMILES string of the molecule is COc1ccccc1Oc1ccc(NC(=O)c2ccc3c(=O)n(C)cnc3c2)cc1. The van der Waals surface area contributed by atoms with Crippen LogP contribution >= 0.6 is 0 Å². The fourth-order valence-electron chi connectivity index (χ4n) is 2.99. The fourth-order valence-corrected chi connectivity index (χ4v) is 2.99. The molecule has 0 saturated carbocycles. The lowest BCUT2D eigenvalue weighted by Crippen LogP contribution is -2.17. The van der Waals surface area contributed by atoms with Crippen LogP contribution in [0.4, 0.5) is 5.69 Å². The van der Waals surface area contributed by atoms with Crippen LogP contribution < -0.4 is 20.3 Å². The van der Waals surface area contributed by atoms with Crippen molar-refractivity contribution >= 4 is 22.5 Å². The number of nitrogens with one attached hydrogen (secondary N) is 1. The average molecular weight is 401 g/mol. The number of para-hydroxylation sites is 2. The molecule has 0 spiro atoms. The minimum atomic E-state index is -0.294. The fraction of sp³-hybridized carbons (Fsp3) is 0.0870. The van der Waals surface area contributed by atoms with Crippen LogP contribution in [0.2, 0.25) is 0 Å². The highest BCUT2D eigenvalue weighted by Crippen LogP contribution is 2.31. The molecule has 0 saturated heterocycles. The minimum Gasteiger partial charge on any atom is -0.493 e. The first-order valence-corrected chi connectivity index (χ1v) is 9.23. The predicted octanol–water partition coefficient (Wildman–Crippen LogP) is 3.99. The van der Waals surface area contributed by atoms with Crippen LogP contribution in [0.1, 0.15) is 10.4 Å². The first-order valence-electron chi connectivity index (χ1n) is 9.23. The van der Waals surface area contributed by atoms with E-state index in [1.54, 1.807) is 56.6 Å². The number of hydrogen-bond donors (Lipinski definition) is 1. The smallest absolute Gasteiger partial charge is 0.260 e. The molecule has 7 nitrogen and oxygen atoms in total. The Kier molecular flexibility index (Phi) is 5.17. The number of nitrogens with zero attached hydrogens (tertiary/aromatic N) is 2. The molecule has 0 unspecified atom stereocenters. The Bertz CT molecular complexity index is 1280. The molecule has 1 amide bonds. The molecular weight excluding hydrogens is 382 g/mol. The minimum absolute atomic E-state index is 0.155. The van der Waals surface area contributed by atoms with Gasteiger partial charge < -0.3 is 19.4 Å². The number of hydrogen-bond acceptors (Lipinski definition) is 5. The summed E-state index contributed by atoms with van der Waals surface area (Å²) >= 11 is 0. The molecule has 3 aromatic carbocycles. The number of carbonyl (C=O) groups excluding carboxylic acids is 1. The maximum atomic E-state index is 12.6. The lowest BCUT2D eigenvalue weighted by atomic mass is 10.1. The van der Waals surface area contributed by atoms with Crippen LogP contribution in [0, 0.1) is 0 Å². The maximum Gasteiger partial charge on any atom is 0.260 e.